The average molecular weight is 506 g/mol. The second-order valence-electron chi connectivity index (χ2n) is 10.0. The summed E-state index contributed by atoms with van der Waals surface area (Å²) in [6, 6.07) is 17.8. The lowest BCUT2D eigenvalue weighted by Crippen LogP contribution is -2.77. The Labute approximate surface area is 208 Å². The number of alkyl halides is 3. The summed E-state index contributed by atoms with van der Waals surface area (Å²) in [6.07, 6.45) is -3.25. The van der Waals surface area contributed by atoms with Crippen LogP contribution in [-0.2, 0) is 17.5 Å². The second kappa shape index (κ2) is 7.89. The van der Waals surface area contributed by atoms with Gasteiger partial charge in [0.25, 0.3) is 5.91 Å². The number of amides is 1. The molecule has 0 saturated heterocycles. The molecule has 3 saturated carbocycles. The molecule has 0 aliphatic heterocycles. The van der Waals surface area contributed by atoms with Crippen LogP contribution in [0.25, 0.3) is 22.2 Å². The molecule has 3 aliphatic rings. The van der Waals surface area contributed by atoms with Gasteiger partial charge < -0.3 is 10.4 Å². The molecule has 2 bridgehead atoms. The summed E-state index contributed by atoms with van der Waals surface area (Å²) in [5.41, 5.74) is 1.45. The SMILES string of the molecule is O=C(NC12CC(C(=O)O)(C1)C2)c1cc(-c2ccccc2)cc2nnn(Cc3ccc(C(F)(F)F)cc3)c12. The second-order valence-corrected chi connectivity index (χ2v) is 10.0. The number of carboxylic acid groups (broad SMARTS) is 1. The molecule has 3 fully saturated rings. The van der Waals surface area contributed by atoms with Crippen LogP contribution in [-0.4, -0.2) is 37.5 Å². The molecule has 188 valence electrons. The highest BCUT2D eigenvalue weighted by Crippen LogP contribution is 2.67. The fourth-order valence-corrected chi connectivity index (χ4v) is 5.62. The van der Waals surface area contributed by atoms with Crippen molar-refractivity contribution in [2.45, 2.75) is 37.5 Å². The molecule has 37 heavy (non-hydrogen) atoms. The van der Waals surface area contributed by atoms with Crippen LogP contribution in [0.3, 0.4) is 0 Å². The molecule has 3 aliphatic carbocycles. The zero-order valence-corrected chi connectivity index (χ0v) is 19.4. The number of hydrogen-bond donors (Lipinski definition) is 2. The Kier molecular flexibility index (Phi) is 4.95. The summed E-state index contributed by atoms with van der Waals surface area (Å²) < 4.78 is 40.4. The van der Waals surface area contributed by atoms with E-state index in [1.165, 1.54) is 16.8 Å². The van der Waals surface area contributed by atoms with Crippen LogP contribution in [0.1, 0.15) is 40.7 Å². The summed E-state index contributed by atoms with van der Waals surface area (Å²) in [5, 5.41) is 20.9. The highest BCUT2D eigenvalue weighted by atomic mass is 19.4. The third kappa shape index (κ3) is 3.83. The number of nitrogens with one attached hydrogen (secondary N) is 1. The molecule has 7 rings (SSSR count). The van der Waals surface area contributed by atoms with Gasteiger partial charge in [0.05, 0.1) is 23.1 Å². The lowest BCUT2D eigenvalue weighted by Gasteiger charge is -2.67. The van der Waals surface area contributed by atoms with E-state index in [-0.39, 0.29) is 12.5 Å². The van der Waals surface area contributed by atoms with E-state index in [2.05, 4.69) is 15.6 Å². The summed E-state index contributed by atoms with van der Waals surface area (Å²) in [5.74, 6) is -1.20. The third-order valence-electron chi connectivity index (χ3n) is 7.44. The largest absolute Gasteiger partial charge is 0.481 e. The maximum Gasteiger partial charge on any atom is 0.416 e. The number of hydrogen-bond acceptors (Lipinski definition) is 4. The number of aromatic nitrogens is 3. The van der Waals surface area contributed by atoms with E-state index in [0.29, 0.717) is 41.4 Å². The molecular weight excluding hydrogens is 485 g/mol. The first-order valence-corrected chi connectivity index (χ1v) is 11.7. The molecule has 1 amide bonds. The first kappa shape index (κ1) is 23.2. The maximum atomic E-state index is 13.6. The van der Waals surface area contributed by atoms with Gasteiger partial charge in [0.1, 0.15) is 11.0 Å². The van der Waals surface area contributed by atoms with Gasteiger partial charge in [0, 0.05) is 5.54 Å². The highest BCUT2D eigenvalue weighted by molar-refractivity contribution is 6.07. The van der Waals surface area contributed by atoms with E-state index in [4.69, 9.17) is 0 Å². The first-order chi connectivity index (χ1) is 17.6. The summed E-state index contributed by atoms with van der Waals surface area (Å²) >= 11 is 0. The minimum Gasteiger partial charge on any atom is -0.481 e. The smallest absolute Gasteiger partial charge is 0.416 e. The molecule has 10 heteroatoms. The van der Waals surface area contributed by atoms with Crippen LogP contribution in [0.4, 0.5) is 13.2 Å². The van der Waals surface area contributed by atoms with Crippen LogP contribution in [0, 0.1) is 5.41 Å². The number of halogens is 3. The van der Waals surface area contributed by atoms with Crippen molar-refractivity contribution in [2.75, 3.05) is 0 Å². The molecule has 4 aromatic rings. The number of rotatable bonds is 6. The number of carboxylic acids is 1. The van der Waals surface area contributed by atoms with E-state index in [1.807, 2.05) is 36.4 Å². The number of aliphatic carboxylic acids is 1. The minimum atomic E-state index is -4.43. The number of benzene rings is 3. The Morgan fingerprint density at radius 1 is 0.973 bits per heavy atom. The van der Waals surface area contributed by atoms with E-state index in [1.54, 1.807) is 6.07 Å². The average Bonchev–Trinajstić information content (AvgIpc) is 3.22. The lowest BCUT2D eigenvalue weighted by atomic mass is 9.39. The van der Waals surface area contributed by atoms with Crippen molar-refractivity contribution in [3.8, 4) is 11.1 Å². The number of carbonyl (C=O) groups is 2. The quantitative estimate of drug-likeness (QED) is 0.388. The predicted molar refractivity (Wildman–Crippen MR) is 128 cm³/mol. The van der Waals surface area contributed by atoms with Crippen LogP contribution < -0.4 is 5.32 Å². The summed E-state index contributed by atoms with van der Waals surface area (Å²) in [6.45, 7) is 0.118. The van der Waals surface area contributed by atoms with Crippen molar-refractivity contribution in [3.05, 3.63) is 83.4 Å². The minimum absolute atomic E-state index is 0.118. The number of fused-ring (bicyclic) bond motifs is 1. The predicted octanol–water partition coefficient (Wildman–Crippen LogP) is 4.90. The van der Waals surface area contributed by atoms with Gasteiger partial charge in [-0.2, -0.15) is 13.2 Å². The first-order valence-electron chi connectivity index (χ1n) is 11.7. The molecule has 0 radical (unpaired) electrons. The van der Waals surface area contributed by atoms with E-state index < -0.39 is 28.7 Å². The Bertz CT molecular complexity index is 1530. The molecule has 2 N–H and O–H groups in total. The Morgan fingerprint density at radius 2 is 1.65 bits per heavy atom. The van der Waals surface area contributed by atoms with Gasteiger partial charge in [-0.25, -0.2) is 4.68 Å². The number of nitrogens with zero attached hydrogens (tertiary/aromatic N) is 3. The van der Waals surface area contributed by atoms with Gasteiger partial charge in [0.15, 0.2) is 0 Å². The monoisotopic (exact) mass is 506 g/mol. The normalized spacial score (nSPS) is 22.2. The molecule has 0 atom stereocenters. The van der Waals surface area contributed by atoms with Crippen molar-refractivity contribution in [1.29, 1.82) is 0 Å². The zero-order valence-electron chi connectivity index (χ0n) is 19.4. The molecule has 1 heterocycles. The number of carbonyl (C=O) groups excluding carboxylic acids is 1. The molecule has 1 aromatic heterocycles. The lowest BCUT2D eigenvalue weighted by molar-refractivity contribution is -0.196. The van der Waals surface area contributed by atoms with Crippen molar-refractivity contribution >= 4 is 22.9 Å². The van der Waals surface area contributed by atoms with Crippen molar-refractivity contribution < 1.29 is 27.9 Å². The third-order valence-corrected chi connectivity index (χ3v) is 7.44. The summed E-state index contributed by atoms with van der Waals surface area (Å²) in [7, 11) is 0. The van der Waals surface area contributed by atoms with E-state index >= 15 is 0 Å². The topological polar surface area (TPSA) is 97.1 Å². The molecule has 0 spiro atoms. The Hall–Kier alpha value is -4.21. The van der Waals surface area contributed by atoms with Gasteiger partial charge in [-0.1, -0.05) is 47.7 Å². The van der Waals surface area contributed by atoms with Crippen molar-refractivity contribution in [1.82, 2.24) is 20.3 Å². The molecule has 0 unspecified atom stereocenters. The standard InChI is InChI=1S/C27H21F3N4O3/c28-27(29,30)19-8-6-16(7-9-19)12-34-22-20(23(35)31-26-13-25(14-26,15-26)24(36)37)10-18(11-21(22)32-33-34)17-4-2-1-3-5-17/h1-11H,12-15H2,(H,31,35)(H,36,37). The van der Waals surface area contributed by atoms with Gasteiger partial charge in [-0.15, -0.1) is 5.10 Å². The van der Waals surface area contributed by atoms with Crippen molar-refractivity contribution in [3.63, 3.8) is 0 Å². The van der Waals surface area contributed by atoms with Crippen LogP contribution in [0.15, 0.2) is 66.7 Å². The summed E-state index contributed by atoms with van der Waals surface area (Å²) in [4.78, 5) is 25.0. The van der Waals surface area contributed by atoms with E-state index in [0.717, 1.165) is 23.3 Å². The van der Waals surface area contributed by atoms with Gasteiger partial charge in [-0.05, 0) is 60.2 Å². The van der Waals surface area contributed by atoms with Crippen molar-refractivity contribution in [2.24, 2.45) is 5.41 Å². The molecule has 7 nitrogen and oxygen atoms in total. The molecule has 3 aromatic carbocycles. The fourth-order valence-electron chi connectivity index (χ4n) is 5.62. The van der Waals surface area contributed by atoms with Gasteiger partial charge in [0.2, 0.25) is 0 Å². The zero-order chi connectivity index (χ0) is 26.0. The molecular formula is C27H21F3N4O3. The highest BCUT2D eigenvalue weighted by Gasteiger charge is 2.72. The van der Waals surface area contributed by atoms with E-state index in [9.17, 15) is 27.9 Å². The Morgan fingerprint density at radius 3 is 2.27 bits per heavy atom. The maximum absolute atomic E-state index is 13.6. The van der Waals surface area contributed by atoms with Gasteiger partial charge in [-0.3, -0.25) is 9.59 Å². The van der Waals surface area contributed by atoms with Crippen LogP contribution in [0.2, 0.25) is 0 Å². The van der Waals surface area contributed by atoms with Gasteiger partial charge >= 0.3 is 12.1 Å². The fraction of sp³-hybridized carbons (Fsp3) is 0.259. The van der Waals surface area contributed by atoms with Crippen LogP contribution in [0.5, 0.6) is 0 Å². The van der Waals surface area contributed by atoms with Crippen LogP contribution >= 0.6 is 0 Å². The Balaban J connectivity index is 1.36.